The zero-order valence-electron chi connectivity index (χ0n) is 14.9. The van der Waals surface area contributed by atoms with Crippen molar-refractivity contribution in [2.24, 2.45) is 0 Å². The molecule has 6 nitrogen and oxygen atoms in total. The lowest BCUT2D eigenvalue weighted by molar-refractivity contribution is -0.130. The van der Waals surface area contributed by atoms with Crippen LogP contribution < -0.4 is 15.8 Å². The van der Waals surface area contributed by atoms with E-state index in [1.807, 2.05) is 12.1 Å². The second-order valence-electron chi connectivity index (χ2n) is 6.93. The molecule has 4 rings (SSSR count). The SMILES string of the molecule is O=C1CCC(=O)N(c2ccc(C(=O)N[C@H]3CCCc4ccccc43)cc2)N1. The number of anilines is 1. The maximum Gasteiger partial charge on any atom is 0.251 e. The Hall–Kier alpha value is -3.15. The molecule has 27 heavy (non-hydrogen) atoms. The lowest BCUT2D eigenvalue weighted by Crippen LogP contribution is -2.50. The first-order chi connectivity index (χ1) is 13.1. The summed E-state index contributed by atoms with van der Waals surface area (Å²) in [6.07, 6.45) is 3.42. The maximum atomic E-state index is 12.7. The topological polar surface area (TPSA) is 78.5 Å². The van der Waals surface area contributed by atoms with Gasteiger partial charge < -0.3 is 5.32 Å². The quantitative estimate of drug-likeness (QED) is 0.880. The highest BCUT2D eigenvalue weighted by Crippen LogP contribution is 2.29. The van der Waals surface area contributed by atoms with Gasteiger partial charge in [-0.1, -0.05) is 24.3 Å². The van der Waals surface area contributed by atoms with Crippen molar-refractivity contribution in [1.82, 2.24) is 10.7 Å². The van der Waals surface area contributed by atoms with Gasteiger partial charge in [-0.3, -0.25) is 19.8 Å². The van der Waals surface area contributed by atoms with E-state index in [1.54, 1.807) is 24.3 Å². The number of nitrogens with one attached hydrogen (secondary N) is 2. The number of rotatable bonds is 3. The van der Waals surface area contributed by atoms with Gasteiger partial charge in [0.1, 0.15) is 0 Å². The third-order valence-electron chi connectivity index (χ3n) is 5.11. The Labute approximate surface area is 157 Å². The van der Waals surface area contributed by atoms with Gasteiger partial charge in [-0.15, -0.1) is 0 Å². The predicted molar refractivity (Wildman–Crippen MR) is 101 cm³/mol. The average Bonchev–Trinajstić information content (AvgIpc) is 2.70. The van der Waals surface area contributed by atoms with Gasteiger partial charge in [-0.2, -0.15) is 0 Å². The zero-order chi connectivity index (χ0) is 18.8. The van der Waals surface area contributed by atoms with E-state index in [2.05, 4.69) is 22.9 Å². The Morgan fingerprint density at radius 1 is 1.00 bits per heavy atom. The highest BCUT2D eigenvalue weighted by Gasteiger charge is 2.25. The van der Waals surface area contributed by atoms with Crippen molar-refractivity contribution < 1.29 is 14.4 Å². The summed E-state index contributed by atoms with van der Waals surface area (Å²) in [6.45, 7) is 0. The third-order valence-corrected chi connectivity index (χ3v) is 5.11. The molecule has 1 aliphatic carbocycles. The molecule has 1 heterocycles. The van der Waals surface area contributed by atoms with E-state index in [0.29, 0.717) is 11.3 Å². The lowest BCUT2D eigenvalue weighted by Gasteiger charge is -2.27. The van der Waals surface area contributed by atoms with Gasteiger partial charge in [-0.25, -0.2) is 5.01 Å². The number of benzene rings is 2. The van der Waals surface area contributed by atoms with E-state index < -0.39 is 0 Å². The molecule has 1 aliphatic heterocycles. The molecule has 1 atom stereocenters. The highest BCUT2D eigenvalue weighted by atomic mass is 16.2. The van der Waals surface area contributed by atoms with Crippen molar-refractivity contribution in [1.29, 1.82) is 0 Å². The van der Waals surface area contributed by atoms with E-state index in [9.17, 15) is 14.4 Å². The van der Waals surface area contributed by atoms with Crippen LogP contribution in [0.5, 0.6) is 0 Å². The number of nitrogens with zero attached hydrogens (tertiary/aromatic N) is 1. The zero-order valence-corrected chi connectivity index (χ0v) is 14.9. The maximum absolute atomic E-state index is 12.7. The molecule has 2 aliphatic rings. The van der Waals surface area contributed by atoms with E-state index >= 15 is 0 Å². The van der Waals surface area contributed by atoms with Gasteiger partial charge in [-0.05, 0) is 54.7 Å². The first kappa shape index (κ1) is 17.3. The molecule has 0 unspecified atom stereocenters. The molecule has 1 saturated heterocycles. The fourth-order valence-electron chi connectivity index (χ4n) is 3.69. The van der Waals surface area contributed by atoms with Gasteiger partial charge in [0.2, 0.25) is 11.8 Å². The molecule has 0 spiro atoms. The minimum absolute atomic E-state index is 0.0186. The van der Waals surface area contributed by atoms with Crippen molar-refractivity contribution in [3.8, 4) is 0 Å². The fourth-order valence-corrected chi connectivity index (χ4v) is 3.69. The number of hydrazine groups is 1. The monoisotopic (exact) mass is 363 g/mol. The summed E-state index contributed by atoms with van der Waals surface area (Å²) >= 11 is 0. The molecule has 2 aromatic rings. The summed E-state index contributed by atoms with van der Waals surface area (Å²) < 4.78 is 0. The molecule has 0 saturated carbocycles. The minimum atomic E-state index is -0.188. The van der Waals surface area contributed by atoms with E-state index in [-0.39, 0.29) is 36.6 Å². The predicted octanol–water partition coefficient (Wildman–Crippen LogP) is 2.65. The number of hydrogen-bond donors (Lipinski definition) is 2. The van der Waals surface area contributed by atoms with Gasteiger partial charge in [0.25, 0.3) is 5.91 Å². The summed E-state index contributed by atoms with van der Waals surface area (Å²) in [5, 5.41) is 4.36. The van der Waals surface area contributed by atoms with Crippen molar-refractivity contribution in [3.63, 3.8) is 0 Å². The number of carbonyl (C=O) groups is 3. The number of carbonyl (C=O) groups excluding carboxylic acids is 3. The van der Waals surface area contributed by atoms with E-state index in [4.69, 9.17) is 0 Å². The highest BCUT2D eigenvalue weighted by molar-refractivity contribution is 6.01. The molecule has 0 bridgehead atoms. The van der Waals surface area contributed by atoms with Crippen LogP contribution in [0.4, 0.5) is 5.69 Å². The van der Waals surface area contributed by atoms with Crippen LogP contribution in [-0.2, 0) is 16.0 Å². The fraction of sp³-hybridized carbons (Fsp3) is 0.286. The summed E-state index contributed by atoms with van der Waals surface area (Å²) in [5.41, 5.74) is 6.11. The summed E-state index contributed by atoms with van der Waals surface area (Å²) in [7, 11) is 0. The number of amides is 3. The average molecular weight is 363 g/mol. The molecular formula is C21H21N3O3. The third kappa shape index (κ3) is 3.56. The summed E-state index contributed by atoms with van der Waals surface area (Å²) in [5.74, 6) is -0.491. The van der Waals surface area contributed by atoms with Crippen LogP contribution in [0.2, 0.25) is 0 Å². The molecule has 1 fully saturated rings. The molecule has 2 N–H and O–H groups in total. The Balaban J connectivity index is 1.47. The minimum Gasteiger partial charge on any atom is -0.345 e. The normalized spacial score (nSPS) is 19.3. The van der Waals surface area contributed by atoms with Gasteiger partial charge in [0.05, 0.1) is 11.7 Å². The van der Waals surface area contributed by atoms with E-state index in [1.165, 1.54) is 16.1 Å². The van der Waals surface area contributed by atoms with Crippen LogP contribution in [0, 0.1) is 0 Å². The van der Waals surface area contributed by atoms with Crippen molar-refractivity contribution >= 4 is 23.4 Å². The summed E-state index contributed by atoms with van der Waals surface area (Å²) in [6, 6.07) is 14.9. The Morgan fingerprint density at radius 3 is 2.59 bits per heavy atom. The molecule has 0 radical (unpaired) electrons. The van der Waals surface area contributed by atoms with Crippen molar-refractivity contribution in [2.75, 3.05) is 5.01 Å². The molecule has 6 heteroatoms. The van der Waals surface area contributed by atoms with Gasteiger partial charge in [0, 0.05) is 18.4 Å². The Bertz CT molecular complexity index is 892. The number of fused-ring (bicyclic) bond motifs is 1. The Morgan fingerprint density at radius 2 is 1.78 bits per heavy atom. The van der Waals surface area contributed by atoms with Crippen molar-refractivity contribution in [2.45, 2.75) is 38.1 Å². The molecular weight excluding hydrogens is 342 g/mol. The smallest absolute Gasteiger partial charge is 0.251 e. The lowest BCUT2D eigenvalue weighted by atomic mass is 9.87. The van der Waals surface area contributed by atoms with Crippen molar-refractivity contribution in [3.05, 3.63) is 65.2 Å². The number of hydrogen-bond acceptors (Lipinski definition) is 3. The second kappa shape index (κ2) is 7.23. The van der Waals surface area contributed by atoms with Crippen LogP contribution in [-0.4, -0.2) is 17.7 Å². The number of aryl methyl sites for hydroxylation is 1. The second-order valence-corrected chi connectivity index (χ2v) is 6.93. The van der Waals surface area contributed by atoms with Crippen LogP contribution in [0.3, 0.4) is 0 Å². The molecule has 3 amide bonds. The van der Waals surface area contributed by atoms with Crippen LogP contribution in [0.15, 0.2) is 48.5 Å². The molecule has 138 valence electrons. The first-order valence-corrected chi connectivity index (χ1v) is 9.23. The van der Waals surface area contributed by atoms with Crippen LogP contribution in [0.25, 0.3) is 0 Å². The first-order valence-electron chi connectivity index (χ1n) is 9.23. The van der Waals surface area contributed by atoms with Crippen LogP contribution in [0.1, 0.15) is 53.2 Å². The summed E-state index contributed by atoms with van der Waals surface area (Å²) in [4.78, 5) is 36.2. The van der Waals surface area contributed by atoms with E-state index in [0.717, 1.165) is 19.3 Å². The molecule has 2 aromatic carbocycles. The molecule has 0 aromatic heterocycles. The van der Waals surface area contributed by atoms with Gasteiger partial charge in [0.15, 0.2) is 0 Å². The van der Waals surface area contributed by atoms with Crippen LogP contribution >= 0.6 is 0 Å². The standard InChI is InChI=1S/C21H21N3O3/c25-19-12-13-20(26)24(23-19)16-10-8-15(9-11-16)21(27)22-18-7-3-5-14-4-1-2-6-17(14)18/h1-2,4,6,8-11,18H,3,5,7,12-13H2,(H,22,27)(H,23,25)/t18-/m0/s1. The largest absolute Gasteiger partial charge is 0.345 e. The van der Waals surface area contributed by atoms with Gasteiger partial charge >= 0.3 is 0 Å². The Kier molecular flexibility index (Phi) is 4.62.